The van der Waals surface area contributed by atoms with E-state index in [1.54, 1.807) is 12.1 Å². The van der Waals surface area contributed by atoms with Crippen LogP contribution in [-0.2, 0) is 0 Å². The zero-order valence-corrected chi connectivity index (χ0v) is 9.75. The topological polar surface area (TPSA) is 35.8 Å². The monoisotopic (exact) mass is 222 g/mol. The van der Waals surface area contributed by atoms with Crippen molar-refractivity contribution < 1.29 is 0 Å². The van der Waals surface area contributed by atoms with Gasteiger partial charge in [-0.05, 0) is 30.2 Å². The van der Waals surface area contributed by atoms with Crippen LogP contribution in [0.1, 0.15) is 19.4 Å². The molecule has 2 nitrogen and oxygen atoms in total. The lowest BCUT2D eigenvalue weighted by Crippen LogP contribution is -2.27. The van der Waals surface area contributed by atoms with Crippen molar-refractivity contribution in [1.82, 2.24) is 0 Å². The van der Waals surface area contributed by atoms with Crippen molar-refractivity contribution in [2.75, 3.05) is 11.2 Å². The maximum atomic E-state index is 8.65. The SMILES string of the molecule is CC(C)C(CCl)Nc1ccc(C#N)cc1. The normalized spacial score (nSPS) is 12.2. The predicted octanol–water partition coefficient (Wildman–Crippen LogP) is 3.23. The van der Waals surface area contributed by atoms with Gasteiger partial charge in [-0.25, -0.2) is 0 Å². The zero-order valence-electron chi connectivity index (χ0n) is 9.00. The molecule has 0 aliphatic heterocycles. The van der Waals surface area contributed by atoms with Gasteiger partial charge in [0.15, 0.2) is 0 Å². The summed E-state index contributed by atoms with van der Waals surface area (Å²) in [4.78, 5) is 0. The average molecular weight is 223 g/mol. The third-order valence-electron chi connectivity index (χ3n) is 2.34. The molecule has 1 atom stereocenters. The smallest absolute Gasteiger partial charge is 0.0991 e. The molecular formula is C12H15ClN2. The van der Waals surface area contributed by atoms with Crippen molar-refractivity contribution in [3.05, 3.63) is 29.8 Å². The minimum atomic E-state index is 0.264. The van der Waals surface area contributed by atoms with Crippen LogP contribution < -0.4 is 5.32 Å². The molecule has 0 amide bonds. The Labute approximate surface area is 95.9 Å². The molecule has 15 heavy (non-hydrogen) atoms. The summed E-state index contributed by atoms with van der Waals surface area (Å²) < 4.78 is 0. The molecule has 1 N–H and O–H groups in total. The number of benzene rings is 1. The van der Waals surface area contributed by atoms with E-state index < -0.39 is 0 Å². The van der Waals surface area contributed by atoms with Crippen molar-refractivity contribution in [3.8, 4) is 6.07 Å². The van der Waals surface area contributed by atoms with Gasteiger partial charge in [0.05, 0.1) is 11.6 Å². The second kappa shape index (κ2) is 5.63. The third kappa shape index (κ3) is 3.45. The van der Waals surface area contributed by atoms with Gasteiger partial charge in [0.25, 0.3) is 0 Å². The first kappa shape index (κ1) is 11.9. The van der Waals surface area contributed by atoms with Gasteiger partial charge in [-0.3, -0.25) is 0 Å². The van der Waals surface area contributed by atoms with Crippen LogP contribution in [0.4, 0.5) is 5.69 Å². The molecule has 0 saturated heterocycles. The number of rotatable bonds is 4. The van der Waals surface area contributed by atoms with Gasteiger partial charge < -0.3 is 5.32 Å². The summed E-state index contributed by atoms with van der Waals surface area (Å²) >= 11 is 5.86. The summed E-state index contributed by atoms with van der Waals surface area (Å²) in [5.74, 6) is 1.07. The van der Waals surface area contributed by atoms with E-state index in [1.807, 2.05) is 12.1 Å². The molecule has 0 radical (unpaired) electrons. The molecule has 0 bridgehead atoms. The lowest BCUT2D eigenvalue weighted by Gasteiger charge is -2.20. The lowest BCUT2D eigenvalue weighted by atomic mass is 10.1. The molecule has 0 aromatic heterocycles. The van der Waals surface area contributed by atoms with E-state index in [1.165, 1.54) is 0 Å². The fourth-order valence-electron chi connectivity index (χ4n) is 1.24. The van der Waals surface area contributed by atoms with Crippen molar-refractivity contribution in [2.24, 2.45) is 5.92 Å². The highest BCUT2D eigenvalue weighted by atomic mass is 35.5. The highest BCUT2D eigenvalue weighted by Gasteiger charge is 2.11. The van der Waals surface area contributed by atoms with Crippen LogP contribution in [0.3, 0.4) is 0 Å². The number of hydrogen-bond donors (Lipinski definition) is 1. The molecule has 1 aromatic rings. The van der Waals surface area contributed by atoms with E-state index >= 15 is 0 Å². The van der Waals surface area contributed by atoms with Crippen LogP contribution in [0.25, 0.3) is 0 Å². The average Bonchev–Trinajstić information content (AvgIpc) is 2.26. The Morgan fingerprint density at radius 3 is 2.33 bits per heavy atom. The van der Waals surface area contributed by atoms with Gasteiger partial charge in [-0.2, -0.15) is 5.26 Å². The number of nitriles is 1. The van der Waals surface area contributed by atoms with E-state index in [0.717, 1.165) is 5.69 Å². The Morgan fingerprint density at radius 2 is 1.93 bits per heavy atom. The lowest BCUT2D eigenvalue weighted by molar-refractivity contribution is 0.564. The van der Waals surface area contributed by atoms with E-state index in [0.29, 0.717) is 17.4 Å². The molecule has 0 aliphatic carbocycles. The molecular weight excluding hydrogens is 208 g/mol. The summed E-state index contributed by atoms with van der Waals surface area (Å²) in [5, 5.41) is 12.0. The summed E-state index contributed by atoms with van der Waals surface area (Å²) in [6.45, 7) is 4.26. The molecule has 0 saturated carbocycles. The standard InChI is InChI=1S/C12H15ClN2/c1-9(2)12(7-13)15-11-5-3-10(8-14)4-6-11/h3-6,9,12,15H,7H2,1-2H3. The zero-order chi connectivity index (χ0) is 11.3. The van der Waals surface area contributed by atoms with Gasteiger partial charge in [0, 0.05) is 17.6 Å². The molecule has 0 aliphatic rings. The van der Waals surface area contributed by atoms with Gasteiger partial charge in [0.1, 0.15) is 0 Å². The van der Waals surface area contributed by atoms with Crippen molar-refractivity contribution in [3.63, 3.8) is 0 Å². The maximum absolute atomic E-state index is 8.65. The molecule has 0 fully saturated rings. The Bertz CT molecular complexity index is 338. The number of nitrogens with one attached hydrogen (secondary N) is 1. The van der Waals surface area contributed by atoms with Crippen LogP contribution in [0, 0.1) is 17.2 Å². The number of halogens is 1. The van der Waals surface area contributed by atoms with Crippen molar-refractivity contribution in [2.45, 2.75) is 19.9 Å². The second-order valence-electron chi connectivity index (χ2n) is 3.84. The van der Waals surface area contributed by atoms with E-state index in [4.69, 9.17) is 16.9 Å². The minimum absolute atomic E-state index is 0.264. The molecule has 1 rings (SSSR count). The van der Waals surface area contributed by atoms with Crippen LogP contribution in [-0.4, -0.2) is 11.9 Å². The summed E-state index contributed by atoms with van der Waals surface area (Å²) in [6, 6.07) is 9.76. The highest BCUT2D eigenvalue weighted by Crippen LogP contribution is 2.14. The Kier molecular flexibility index (Phi) is 4.45. The highest BCUT2D eigenvalue weighted by molar-refractivity contribution is 6.18. The van der Waals surface area contributed by atoms with E-state index in [2.05, 4.69) is 25.2 Å². The fraction of sp³-hybridized carbons (Fsp3) is 0.417. The first-order valence-corrected chi connectivity index (χ1v) is 5.53. The van der Waals surface area contributed by atoms with Crippen molar-refractivity contribution in [1.29, 1.82) is 5.26 Å². The quantitative estimate of drug-likeness (QED) is 0.794. The fourth-order valence-corrected chi connectivity index (χ4v) is 1.67. The summed E-state index contributed by atoms with van der Waals surface area (Å²) in [6.07, 6.45) is 0. The van der Waals surface area contributed by atoms with Crippen LogP contribution in [0.15, 0.2) is 24.3 Å². The minimum Gasteiger partial charge on any atom is -0.381 e. The van der Waals surface area contributed by atoms with Gasteiger partial charge in [-0.15, -0.1) is 11.6 Å². The van der Waals surface area contributed by atoms with Gasteiger partial charge in [0.2, 0.25) is 0 Å². The third-order valence-corrected chi connectivity index (χ3v) is 2.67. The van der Waals surface area contributed by atoms with Crippen LogP contribution >= 0.6 is 11.6 Å². The van der Waals surface area contributed by atoms with Crippen molar-refractivity contribution >= 4 is 17.3 Å². The molecule has 1 unspecified atom stereocenters. The summed E-state index contributed by atoms with van der Waals surface area (Å²) in [5.41, 5.74) is 1.68. The number of nitrogens with zero attached hydrogens (tertiary/aromatic N) is 1. The molecule has 80 valence electrons. The van der Waals surface area contributed by atoms with Crippen LogP contribution in [0.2, 0.25) is 0 Å². The molecule has 0 heterocycles. The van der Waals surface area contributed by atoms with Crippen LogP contribution in [0.5, 0.6) is 0 Å². The van der Waals surface area contributed by atoms with E-state index in [9.17, 15) is 0 Å². The van der Waals surface area contributed by atoms with Gasteiger partial charge in [-0.1, -0.05) is 13.8 Å². The maximum Gasteiger partial charge on any atom is 0.0991 e. The Morgan fingerprint density at radius 1 is 1.33 bits per heavy atom. The molecule has 3 heteroatoms. The Balaban J connectivity index is 2.68. The number of alkyl halides is 1. The van der Waals surface area contributed by atoms with Gasteiger partial charge >= 0.3 is 0 Å². The molecule has 1 aromatic carbocycles. The van der Waals surface area contributed by atoms with E-state index in [-0.39, 0.29) is 6.04 Å². The summed E-state index contributed by atoms with van der Waals surface area (Å²) in [7, 11) is 0. The first-order chi connectivity index (χ1) is 7.17. The molecule has 0 spiro atoms. The largest absolute Gasteiger partial charge is 0.381 e. The first-order valence-electron chi connectivity index (χ1n) is 5.00. The second-order valence-corrected chi connectivity index (χ2v) is 4.15. The Hall–Kier alpha value is -1.20. The number of anilines is 1. The number of hydrogen-bond acceptors (Lipinski definition) is 2. The predicted molar refractivity (Wildman–Crippen MR) is 64.1 cm³/mol.